The van der Waals surface area contributed by atoms with Gasteiger partial charge in [-0.25, -0.2) is 0 Å². The predicted molar refractivity (Wildman–Crippen MR) is 69.9 cm³/mol. The Balaban J connectivity index is 1.80. The van der Waals surface area contributed by atoms with Crippen molar-refractivity contribution in [2.75, 3.05) is 26.7 Å². The summed E-state index contributed by atoms with van der Waals surface area (Å²) in [5.74, 6) is 1.65. The molecular weight excluding hydrogens is 266 g/mol. The molecule has 1 aromatic carbocycles. The molecule has 0 aliphatic carbocycles. The molecule has 3 heteroatoms. The summed E-state index contributed by atoms with van der Waals surface area (Å²) in [5.41, 5.74) is 0. The average molecular weight is 284 g/mol. The molecule has 1 fully saturated rings. The molecule has 1 aliphatic heterocycles. The zero-order valence-electron chi connectivity index (χ0n) is 9.66. The highest BCUT2D eigenvalue weighted by molar-refractivity contribution is 9.10. The van der Waals surface area contributed by atoms with Crippen LogP contribution in [0.4, 0.5) is 0 Å². The van der Waals surface area contributed by atoms with Gasteiger partial charge in [0.05, 0.1) is 6.61 Å². The number of hydrogen-bond donors (Lipinski definition) is 0. The SMILES string of the molecule is CN1CCCC(COc2ccc(Br)cc2)C1. The molecule has 1 atom stereocenters. The minimum Gasteiger partial charge on any atom is -0.493 e. The van der Waals surface area contributed by atoms with E-state index < -0.39 is 0 Å². The lowest BCUT2D eigenvalue weighted by atomic mass is 10.00. The lowest BCUT2D eigenvalue weighted by Gasteiger charge is -2.29. The molecule has 0 aromatic heterocycles. The number of rotatable bonds is 3. The van der Waals surface area contributed by atoms with Gasteiger partial charge in [0.1, 0.15) is 5.75 Å². The molecule has 2 rings (SSSR count). The third-order valence-corrected chi connectivity index (χ3v) is 3.55. The molecule has 1 heterocycles. The fraction of sp³-hybridized carbons (Fsp3) is 0.538. The molecule has 1 aromatic rings. The van der Waals surface area contributed by atoms with Crippen LogP contribution < -0.4 is 4.74 Å². The molecule has 0 N–H and O–H groups in total. The lowest BCUT2D eigenvalue weighted by Crippen LogP contribution is -2.34. The van der Waals surface area contributed by atoms with Crippen LogP contribution in [0, 0.1) is 5.92 Å². The zero-order chi connectivity index (χ0) is 11.4. The highest BCUT2D eigenvalue weighted by atomic mass is 79.9. The minimum absolute atomic E-state index is 0.683. The molecule has 0 saturated carbocycles. The first-order chi connectivity index (χ1) is 7.74. The maximum atomic E-state index is 5.80. The molecule has 0 bridgehead atoms. The Kier molecular flexibility index (Phi) is 4.24. The van der Waals surface area contributed by atoms with Gasteiger partial charge in [-0.1, -0.05) is 15.9 Å². The van der Waals surface area contributed by atoms with E-state index in [1.165, 1.54) is 19.4 Å². The molecule has 0 radical (unpaired) electrons. The van der Waals surface area contributed by atoms with E-state index in [-0.39, 0.29) is 0 Å². The minimum atomic E-state index is 0.683. The predicted octanol–water partition coefficient (Wildman–Crippen LogP) is 3.17. The summed E-state index contributed by atoms with van der Waals surface area (Å²) in [5, 5.41) is 0. The Morgan fingerprint density at radius 2 is 2.12 bits per heavy atom. The fourth-order valence-corrected chi connectivity index (χ4v) is 2.42. The molecule has 1 unspecified atom stereocenters. The Hall–Kier alpha value is -0.540. The molecule has 0 amide bonds. The summed E-state index contributed by atoms with van der Waals surface area (Å²) in [6, 6.07) is 8.05. The monoisotopic (exact) mass is 283 g/mol. The molecular formula is C13H18BrNO. The number of hydrogen-bond acceptors (Lipinski definition) is 2. The van der Waals surface area contributed by atoms with Crippen LogP contribution >= 0.6 is 15.9 Å². The second-order valence-electron chi connectivity index (χ2n) is 4.54. The molecule has 2 nitrogen and oxygen atoms in total. The van der Waals surface area contributed by atoms with Gasteiger partial charge < -0.3 is 9.64 Å². The maximum absolute atomic E-state index is 5.80. The molecule has 88 valence electrons. The van der Waals surface area contributed by atoms with Gasteiger partial charge in [0.25, 0.3) is 0 Å². The van der Waals surface area contributed by atoms with Gasteiger partial charge >= 0.3 is 0 Å². The van der Waals surface area contributed by atoms with Crippen molar-refractivity contribution in [3.05, 3.63) is 28.7 Å². The van der Waals surface area contributed by atoms with Gasteiger partial charge in [-0.15, -0.1) is 0 Å². The van der Waals surface area contributed by atoms with E-state index in [1.807, 2.05) is 24.3 Å². The first kappa shape index (κ1) is 11.9. The van der Waals surface area contributed by atoms with Crippen LogP contribution in [0.1, 0.15) is 12.8 Å². The maximum Gasteiger partial charge on any atom is 0.119 e. The summed E-state index contributed by atoms with van der Waals surface area (Å²) in [7, 11) is 2.19. The van der Waals surface area contributed by atoms with Crippen LogP contribution in [0.3, 0.4) is 0 Å². The summed E-state index contributed by atoms with van der Waals surface area (Å²) in [4.78, 5) is 2.39. The number of nitrogens with zero attached hydrogens (tertiary/aromatic N) is 1. The van der Waals surface area contributed by atoms with Crippen LogP contribution in [-0.2, 0) is 0 Å². The van der Waals surface area contributed by atoms with Gasteiger partial charge in [-0.3, -0.25) is 0 Å². The van der Waals surface area contributed by atoms with Gasteiger partial charge in [0.2, 0.25) is 0 Å². The smallest absolute Gasteiger partial charge is 0.119 e. The third kappa shape index (κ3) is 3.49. The largest absolute Gasteiger partial charge is 0.493 e. The molecule has 16 heavy (non-hydrogen) atoms. The van der Waals surface area contributed by atoms with Crippen molar-refractivity contribution >= 4 is 15.9 Å². The van der Waals surface area contributed by atoms with Crippen molar-refractivity contribution in [3.8, 4) is 5.75 Å². The van der Waals surface area contributed by atoms with Crippen molar-refractivity contribution < 1.29 is 4.74 Å². The Bertz CT molecular complexity index is 325. The Labute approximate surface area is 106 Å². The van der Waals surface area contributed by atoms with Crippen LogP contribution in [0.2, 0.25) is 0 Å². The Morgan fingerprint density at radius 3 is 2.81 bits per heavy atom. The highest BCUT2D eigenvalue weighted by Crippen LogP contribution is 2.19. The van der Waals surface area contributed by atoms with Crippen molar-refractivity contribution in [2.24, 2.45) is 5.92 Å². The van der Waals surface area contributed by atoms with Gasteiger partial charge in [0, 0.05) is 16.9 Å². The van der Waals surface area contributed by atoms with Crippen molar-refractivity contribution in [1.29, 1.82) is 0 Å². The van der Waals surface area contributed by atoms with Gasteiger partial charge in [0.15, 0.2) is 0 Å². The highest BCUT2D eigenvalue weighted by Gasteiger charge is 2.17. The standard InChI is InChI=1S/C13H18BrNO/c1-15-8-2-3-11(9-15)10-16-13-6-4-12(14)5-7-13/h4-7,11H,2-3,8-10H2,1H3. The van der Waals surface area contributed by atoms with E-state index >= 15 is 0 Å². The Morgan fingerprint density at radius 1 is 1.38 bits per heavy atom. The van der Waals surface area contributed by atoms with E-state index in [2.05, 4.69) is 27.9 Å². The number of ether oxygens (including phenoxy) is 1. The second-order valence-corrected chi connectivity index (χ2v) is 5.45. The topological polar surface area (TPSA) is 12.5 Å². The first-order valence-corrected chi connectivity index (χ1v) is 6.60. The van der Waals surface area contributed by atoms with E-state index in [4.69, 9.17) is 4.74 Å². The van der Waals surface area contributed by atoms with Gasteiger partial charge in [-0.05, 0) is 50.7 Å². The van der Waals surface area contributed by atoms with Crippen LogP contribution in [0.15, 0.2) is 28.7 Å². The fourth-order valence-electron chi connectivity index (χ4n) is 2.15. The van der Waals surface area contributed by atoms with Crippen molar-refractivity contribution in [1.82, 2.24) is 4.90 Å². The number of piperidine rings is 1. The van der Waals surface area contributed by atoms with E-state index in [0.29, 0.717) is 5.92 Å². The van der Waals surface area contributed by atoms with Crippen LogP contribution in [-0.4, -0.2) is 31.6 Å². The normalized spacial score (nSPS) is 22.0. The second kappa shape index (κ2) is 5.69. The molecule has 1 saturated heterocycles. The number of likely N-dealkylation sites (tertiary alicyclic amines) is 1. The molecule has 0 spiro atoms. The van der Waals surface area contributed by atoms with Gasteiger partial charge in [-0.2, -0.15) is 0 Å². The van der Waals surface area contributed by atoms with Crippen molar-refractivity contribution in [2.45, 2.75) is 12.8 Å². The summed E-state index contributed by atoms with van der Waals surface area (Å²) in [6.07, 6.45) is 2.59. The number of halogens is 1. The zero-order valence-corrected chi connectivity index (χ0v) is 11.2. The quantitative estimate of drug-likeness (QED) is 0.845. The molecule has 1 aliphatic rings. The van der Waals surface area contributed by atoms with Crippen LogP contribution in [0.25, 0.3) is 0 Å². The first-order valence-electron chi connectivity index (χ1n) is 5.81. The number of benzene rings is 1. The summed E-state index contributed by atoms with van der Waals surface area (Å²) < 4.78 is 6.90. The summed E-state index contributed by atoms with van der Waals surface area (Å²) in [6.45, 7) is 3.23. The van der Waals surface area contributed by atoms with Crippen molar-refractivity contribution in [3.63, 3.8) is 0 Å². The lowest BCUT2D eigenvalue weighted by molar-refractivity contribution is 0.150. The summed E-state index contributed by atoms with van der Waals surface area (Å²) >= 11 is 3.42. The van der Waals surface area contributed by atoms with E-state index in [0.717, 1.165) is 23.4 Å². The average Bonchev–Trinajstić information content (AvgIpc) is 2.28. The van der Waals surface area contributed by atoms with E-state index in [1.54, 1.807) is 0 Å². The van der Waals surface area contributed by atoms with E-state index in [9.17, 15) is 0 Å². The van der Waals surface area contributed by atoms with Crippen LogP contribution in [0.5, 0.6) is 5.75 Å². The third-order valence-electron chi connectivity index (χ3n) is 3.02.